The highest BCUT2D eigenvalue weighted by Crippen LogP contribution is 2.07. The number of nitrogens with two attached hydrogens (primary N) is 1. The zero-order valence-electron chi connectivity index (χ0n) is 12.2. The first-order valence-corrected chi connectivity index (χ1v) is 6.61. The van der Waals surface area contributed by atoms with Gasteiger partial charge in [0.2, 0.25) is 5.91 Å². The molecule has 0 aliphatic heterocycles. The topological polar surface area (TPSA) is 64.3 Å². The Morgan fingerprint density at radius 2 is 1.88 bits per heavy atom. The van der Waals surface area contributed by atoms with Gasteiger partial charge in [-0.1, -0.05) is 34.1 Å². The van der Waals surface area contributed by atoms with Crippen LogP contribution in [0.25, 0.3) is 0 Å². The maximum Gasteiger partial charge on any atom is 0.239 e. The lowest BCUT2D eigenvalue weighted by Crippen LogP contribution is -2.47. The molecule has 0 fully saturated rings. The summed E-state index contributed by atoms with van der Waals surface area (Å²) in [5, 5.41) is 2.51. The summed E-state index contributed by atoms with van der Waals surface area (Å²) in [6.45, 7) is 10.8. The highest BCUT2D eigenvalue weighted by Gasteiger charge is 2.20. The summed E-state index contributed by atoms with van der Waals surface area (Å²) in [5.74, 6) is 0.347. The molecule has 104 valence electrons. The Morgan fingerprint density at radius 1 is 1.35 bits per heavy atom. The Bertz CT molecular complexity index is 186. The Balaban J connectivity index is 0. The minimum atomic E-state index is -0.580. The van der Waals surface area contributed by atoms with Crippen LogP contribution in [0, 0.1) is 5.92 Å². The van der Waals surface area contributed by atoms with Gasteiger partial charge < -0.3 is 15.8 Å². The summed E-state index contributed by atoms with van der Waals surface area (Å²) in [6, 6.07) is -0.580. The van der Waals surface area contributed by atoms with Gasteiger partial charge in [0.25, 0.3) is 0 Å². The average Bonchev–Trinajstić information content (AvgIpc) is 2.36. The molecule has 4 heteroatoms. The SMILES string of the molecule is CC.CCCC(C)COC(C)C(N)C(=O)NC. The number of amides is 1. The molecular formula is C13H30N2O2. The van der Waals surface area contributed by atoms with E-state index in [0.29, 0.717) is 12.5 Å². The summed E-state index contributed by atoms with van der Waals surface area (Å²) in [5.41, 5.74) is 5.69. The van der Waals surface area contributed by atoms with E-state index < -0.39 is 6.04 Å². The molecule has 3 N–H and O–H groups in total. The van der Waals surface area contributed by atoms with Gasteiger partial charge in [0, 0.05) is 13.7 Å². The predicted molar refractivity (Wildman–Crippen MR) is 72.9 cm³/mol. The van der Waals surface area contributed by atoms with E-state index >= 15 is 0 Å². The van der Waals surface area contributed by atoms with Crippen molar-refractivity contribution in [2.75, 3.05) is 13.7 Å². The summed E-state index contributed by atoms with van der Waals surface area (Å²) < 4.78 is 5.56. The van der Waals surface area contributed by atoms with E-state index in [2.05, 4.69) is 19.2 Å². The highest BCUT2D eigenvalue weighted by molar-refractivity contribution is 5.81. The van der Waals surface area contributed by atoms with Crippen LogP contribution in [0.1, 0.15) is 47.5 Å². The summed E-state index contributed by atoms with van der Waals surface area (Å²) in [7, 11) is 1.58. The maximum atomic E-state index is 11.2. The van der Waals surface area contributed by atoms with Gasteiger partial charge in [-0.2, -0.15) is 0 Å². The Morgan fingerprint density at radius 3 is 2.29 bits per heavy atom. The molecule has 0 aliphatic carbocycles. The van der Waals surface area contributed by atoms with Crippen molar-refractivity contribution in [1.82, 2.24) is 5.32 Å². The van der Waals surface area contributed by atoms with E-state index in [1.807, 2.05) is 20.8 Å². The molecular weight excluding hydrogens is 216 g/mol. The van der Waals surface area contributed by atoms with Crippen molar-refractivity contribution in [2.24, 2.45) is 11.7 Å². The first-order valence-electron chi connectivity index (χ1n) is 6.61. The first-order chi connectivity index (χ1) is 8.02. The van der Waals surface area contributed by atoms with E-state index in [4.69, 9.17) is 10.5 Å². The molecule has 0 heterocycles. The van der Waals surface area contributed by atoms with Crippen molar-refractivity contribution in [2.45, 2.75) is 59.6 Å². The summed E-state index contributed by atoms with van der Waals surface area (Å²) in [6.07, 6.45) is 2.06. The number of carbonyl (C=O) groups is 1. The number of hydrogen-bond acceptors (Lipinski definition) is 3. The van der Waals surface area contributed by atoms with Crippen LogP contribution < -0.4 is 11.1 Å². The van der Waals surface area contributed by atoms with Gasteiger partial charge in [-0.15, -0.1) is 0 Å². The van der Waals surface area contributed by atoms with Gasteiger partial charge in [0.05, 0.1) is 6.10 Å². The Kier molecular flexibility index (Phi) is 13.1. The van der Waals surface area contributed by atoms with Crippen molar-refractivity contribution in [3.05, 3.63) is 0 Å². The molecule has 3 unspecified atom stereocenters. The number of rotatable bonds is 7. The van der Waals surface area contributed by atoms with Crippen LogP contribution in [0.15, 0.2) is 0 Å². The van der Waals surface area contributed by atoms with Crippen LogP contribution in [-0.4, -0.2) is 31.7 Å². The third-order valence-corrected chi connectivity index (χ3v) is 2.48. The number of ether oxygens (including phenoxy) is 1. The van der Waals surface area contributed by atoms with Crippen molar-refractivity contribution >= 4 is 5.91 Å². The average molecular weight is 246 g/mol. The second kappa shape index (κ2) is 11.9. The minimum absolute atomic E-state index is 0.175. The predicted octanol–water partition coefficient (Wildman–Crippen LogP) is 1.93. The second-order valence-electron chi connectivity index (χ2n) is 4.07. The molecule has 0 saturated heterocycles. The van der Waals surface area contributed by atoms with Gasteiger partial charge >= 0.3 is 0 Å². The van der Waals surface area contributed by atoms with Crippen molar-refractivity contribution in [3.8, 4) is 0 Å². The molecule has 0 saturated carbocycles. The monoisotopic (exact) mass is 246 g/mol. The van der Waals surface area contributed by atoms with Crippen molar-refractivity contribution in [1.29, 1.82) is 0 Å². The molecule has 0 aromatic heterocycles. The highest BCUT2D eigenvalue weighted by atomic mass is 16.5. The number of carbonyl (C=O) groups excluding carboxylic acids is 1. The van der Waals surface area contributed by atoms with Crippen molar-refractivity contribution in [3.63, 3.8) is 0 Å². The smallest absolute Gasteiger partial charge is 0.239 e. The molecule has 0 rings (SSSR count). The molecule has 17 heavy (non-hydrogen) atoms. The summed E-state index contributed by atoms with van der Waals surface area (Å²) in [4.78, 5) is 11.2. The molecule has 0 aromatic rings. The normalized spacial score (nSPS) is 15.2. The molecule has 0 radical (unpaired) electrons. The zero-order valence-corrected chi connectivity index (χ0v) is 12.2. The molecule has 0 aromatic carbocycles. The van der Waals surface area contributed by atoms with Gasteiger partial charge in [-0.3, -0.25) is 4.79 Å². The molecule has 4 nitrogen and oxygen atoms in total. The molecule has 3 atom stereocenters. The lowest BCUT2D eigenvalue weighted by Gasteiger charge is -2.21. The number of hydrogen-bond donors (Lipinski definition) is 2. The van der Waals surface area contributed by atoms with Crippen LogP contribution in [0.3, 0.4) is 0 Å². The number of likely N-dealkylation sites (N-methyl/N-ethyl adjacent to an activating group) is 1. The summed E-state index contributed by atoms with van der Waals surface area (Å²) >= 11 is 0. The third kappa shape index (κ3) is 9.12. The van der Waals surface area contributed by atoms with E-state index in [1.165, 1.54) is 0 Å². The van der Waals surface area contributed by atoms with Crippen LogP contribution in [0.2, 0.25) is 0 Å². The molecule has 0 spiro atoms. The minimum Gasteiger partial charge on any atom is -0.376 e. The molecule has 0 aliphatic rings. The fourth-order valence-electron chi connectivity index (χ4n) is 1.38. The van der Waals surface area contributed by atoms with E-state index in [0.717, 1.165) is 12.8 Å². The van der Waals surface area contributed by atoms with Gasteiger partial charge in [0.15, 0.2) is 0 Å². The van der Waals surface area contributed by atoms with Gasteiger partial charge in [-0.05, 0) is 19.3 Å². The standard InChI is InChI=1S/C11H24N2O2.C2H6/c1-5-6-8(2)7-15-9(3)10(12)11(14)13-4;1-2/h8-10H,5-7,12H2,1-4H3,(H,13,14);1-2H3. The zero-order chi connectivity index (χ0) is 13.8. The van der Waals surface area contributed by atoms with Crippen LogP contribution >= 0.6 is 0 Å². The first kappa shape index (κ1) is 18.7. The molecule has 1 amide bonds. The third-order valence-electron chi connectivity index (χ3n) is 2.48. The van der Waals surface area contributed by atoms with Gasteiger partial charge in [-0.25, -0.2) is 0 Å². The van der Waals surface area contributed by atoms with E-state index in [9.17, 15) is 4.79 Å². The maximum absolute atomic E-state index is 11.2. The van der Waals surface area contributed by atoms with Crippen LogP contribution in [-0.2, 0) is 9.53 Å². The Hall–Kier alpha value is -0.610. The molecule has 0 bridgehead atoms. The number of nitrogens with one attached hydrogen (secondary N) is 1. The Labute approximate surface area is 106 Å². The van der Waals surface area contributed by atoms with E-state index in [-0.39, 0.29) is 12.0 Å². The lowest BCUT2D eigenvalue weighted by molar-refractivity contribution is -0.125. The van der Waals surface area contributed by atoms with Crippen molar-refractivity contribution < 1.29 is 9.53 Å². The van der Waals surface area contributed by atoms with Crippen LogP contribution in [0.5, 0.6) is 0 Å². The van der Waals surface area contributed by atoms with Gasteiger partial charge in [0.1, 0.15) is 6.04 Å². The fourth-order valence-corrected chi connectivity index (χ4v) is 1.38. The largest absolute Gasteiger partial charge is 0.376 e. The van der Waals surface area contributed by atoms with E-state index in [1.54, 1.807) is 7.05 Å². The quantitative estimate of drug-likeness (QED) is 0.721. The van der Waals surface area contributed by atoms with Crippen LogP contribution in [0.4, 0.5) is 0 Å². The fraction of sp³-hybridized carbons (Fsp3) is 0.923. The lowest BCUT2D eigenvalue weighted by atomic mass is 10.1. The second-order valence-corrected chi connectivity index (χ2v) is 4.07.